The summed E-state index contributed by atoms with van der Waals surface area (Å²) in [5, 5.41) is 53.3. The van der Waals surface area contributed by atoms with E-state index in [2.05, 4.69) is 0 Å². The molecule has 0 spiro atoms. The highest BCUT2D eigenvalue weighted by molar-refractivity contribution is 5.34. The van der Waals surface area contributed by atoms with Gasteiger partial charge in [0.25, 0.3) is 0 Å². The molecule has 0 radical (unpaired) electrons. The molecule has 0 saturated carbocycles. The minimum Gasteiger partial charge on any atom is -0.364 e. The largest absolute Gasteiger partial charge is 0.364 e. The lowest BCUT2D eigenvalue weighted by Crippen LogP contribution is -2.07. The number of hydrogen-bond donors (Lipinski definition) is 6. The van der Waals surface area contributed by atoms with Gasteiger partial charge in [-0.25, -0.2) is 0 Å². The third-order valence-corrected chi connectivity index (χ3v) is 1.97. The molecule has 6 N–H and O–H groups in total. The van der Waals surface area contributed by atoms with E-state index in [-0.39, 0.29) is 16.7 Å². The molecule has 0 saturated heterocycles. The van der Waals surface area contributed by atoms with E-state index >= 15 is 0 Å². The molecular weight excluding hydrogens is 204 g/mol. The first-order valence-electron chi connectivity index (χ1n) is 4.15. The summed E-state index contributed by atoms with van der Waals surface area (Å²) in [6.45, 7) is 0. The third kappa shape index (κ3) is 2.72. The molecule has 0 atom stereocenters. The smallest absolute Gasteiger partial charge is 0.178 e. The van der Waals surface area contributed by atoms with E-state index in [9.17, 15) is 0 Å². The Balaban J connectivity index is 3.21. The second-order valence-corrected chi connectivity index (χ2v) is 3.01. The van der Waals surface area contributed by atoms with E-state index < -0.39 is 18.9 Å². The SMILES string of the molecule is OC(O)c1ccc(C(O)O)c(C(O)O)c1. The molecule has 84 valence electrons. The average molecular weight is 216 g/mol. The molecule has 0 aliphatic heterocycles. The summed E-state index contributed by atoms with van der Waals surface area (Å²) in [4.78, 5) is 0. The van der Waals surface area contributed by atoms with Gasteiger partial charge in [0.05, 0.1) is 0 Å². The third-order valence-electron chi connectivity index (χ3n) is 1.97. The van der Waals surface area contributed by atoms with E-state index in [1.807, 2.05) is 0 Å². The molecule has 1 aromatic carbocycles. The van der Waals surface area contributed by atoms with Crippen molar-refractivity contribution in [3.8, 4) is 0 Å². The zero-order chi connectivity index (χ0) is 11.6. The zero-order valence-corrected chi connectivity index (χ0v) is 7.65. The number of hydrogen-bond acceptors (Lipinski definition) is 6. The monoisotopic (exact) mass is 216 g/mol. The van der Waals surface area contributed by atoms with Crippen molar-refractivity contribution >= 4 is 0 Å². The van der Waals surface area contributed by atoms with Crippen LogP contribution in [0.5, 0.6) is 0 Å². The van der Waals surface area contributed by atoms with Crippen molar-refractivity contribution in [2.45, 2.75) is 18.9 Å². The van der Waals surface area contributed by atoms with E-state index in [0.717, 1.165) is 6.07 Å². The molecule has 0 heterocycles. The Morgan fingerprint density at radius 2 is 1.20 bits per heavy atom. The van der Waals surface area contributed by atoms with Gasteiger partial charge in [0.2, 0.25) is 0 Å². The fourth-order valence-corrected chi connectivity index (χ4v) is 1.21. The molecule has 6 heteroatoms. The Bertz CT molecular complexity index is 333. The minimum atomic E-state index is -1.92. The van der Waals surface area contributed by atoms with Gasteiger partial charge < -0.3 is 30.6 Å². The molecule has 0 unspecified atom stereocenters. The number of aliphatic hydroxyl groups excluding tert-OH is 3. The van der Waals surface area contributed by atoms with Crippen molar-refractivity contribution in [1.29, 1.82) is 0 Å². The van der Waals surface area contributed by atoms with Crippen LogP contribution in [0.3, 0.4) is 0 Å². The highest BCUT2D eigenvalue weighted by atomic mass is 16.5. The highest BCUT2D eigenvalue weighted by Gasteiger charge is 2.16. The van der Waals surface area contributed by atoms with Gasteiger partial charge in [0, 0.05) is 16.7 Å². The molecule has 0 aliphatic carbocycles. The molecular formula is C9H12O6. The van der Waals surface area contributed by atoms with Crippen molar-refractivity contribution in [2.24, 2.45) is 0 Å². The lowest BCUT2D eigenvalue weighted by molar-refractivity contribution is -0.0649. The maximum absolute atomic E-state index is 8.93. The summed E-state index contributed by atoms with van der Waals surface area (Å²) in [5.41, 5.74) is -0.257. The summed E-state index contributed by atoms with van der Waals surface area (Å²) < 4.78 is 0. The van der Waals surface area contributed by atoms with E-state index in [1.54, 1.807) is 0 Å². The van der Waals surface area contributed by atoms with Crippen LogP contribution in [0.15, 0.2) is 18.2 Å². The maximum Gasteiger partial charge on any atom is 0.178 e. The topological polar surface area (TPSA) is 121 Å². The van der Waals surface area contributed by atoms with Gasteiger partial charge in [0.15, 0.2) is 18.9 Å². The molecule has 0 aromatic heterocycles. The van der Waals surface area contributed by atoms with Crippen molar-refractivity contribution < 1.29 is 30.6 Å². The number of rotatable bonds is 3. The molecule has 6 nitrogen and oxygen atoms in total. The first-order valence-corrected chi connectivity index (χ1v) is 4.15. The molecule has 0 aliphatic rings. The van der Waals surface area contributed by atoms with Crippen LogP contribution >= 0.6 is 0 Å². The van der Waals surface area contributed by atoms with E-state index in [1.165, 1.54) is 12.1 Å². The van der Waals surface area contributed by atoms with Gasteiger partial charge in [-0.1, -0.05) is 12.1 Å². The number of aliphatic hydroxyl groups is 6. The first-order chi connectivity index (χ1) is 6.93. The summed E-state index contributed by atoms with van der Waals surface area (Å²) in [7, 11) is 0. The summed E-state index contributed by atoms with van der Waals surface area (Å²) in [5.74, 6) is 0. The van der Waals surface area contributed by atoms with Crippen LogP contribution in [-0.4, -0.2) is 30.6 Å². The van der Waals surface area contributed by atoms with Gasteiger partial charge >= 0.3 is 0 Å². The Kier molecular flexibility index (Phi) is 3.75. The van der Waals surface area contributed by atoms with Crippen molar-refractivity contribution in [3.05, 3.63) is 34.9 Å². The Morgan fingerprint density at radius 3 is 1.60 bits per heavy atom. The fraction of sp³-hybridized carbons (Fsp3) is 0.333. The lowest BCUT2D eigenvalue weighted by atomic mass is 10.0. The molecule has 0 amide bonds. The van der Waals surface area contributed by atoms with Crippen molar-refractivity contribution in [2.75, 3.05) is 0 Å². The van der Waals surface area contributed by atoms with Crippen LogP contribution in [0.2, 0.25) is 0 Å². The van der Waals surface area contributed by atoms with Gasteiger partial charge in [-0.15, -0.1) is 0 Å². The molecule has 15 heavy (non-hydrogen) atoms. The average Bonchev–Trinajstić information content (AvgIpc) is 2.16. The van der Waals surface area contributed by atoms with Crippen LogP contribution in [0.25, 0.3) is 0 Å². The van der Waals surface area contributed by atoms with Crippen molar-refractivity contribution in [1.82, 2.24) is 0 Å². The zero-order valence-electron chi connectivity index (χ0n) is 7.65. The van der Waals surface area contributed by atoms with Crippen LogP contribution in [-0.2, 0) is 0 Å². The van der Waals surface area contributed by atoms with E-state index in [0.29, 0.717) is 0 Å². The second-order valence-electron chi connectivity index (χ2n) is 3.01. The Labute approximate surface area is 85.3 Å². The Hall–Kier alpha value is -1.02. The van der Waals surface area contributed by atoms with Gasteiger partial charge in [0.1, 0.15) is 0 Å². The normalized spacial score (nSPS) is 11.8. The summed E-state index contributed by atoms with van der Waals surface area (Å²) in [6.07, 6.45) is -5.53. The van der Waals surface area contributed by atoms with Crippen LogP contribution < -0.4 is 0 Å². The fourth-order valence-electron chi connectivity index (χ4n) is 1.21. The summed E-state index contributed by atoms with van der Waals surface area (Å²) in [6, 6.07) is 3.49. The minimum absolute atomic E-state index is 0.0301. The molecule has 1 rings (SSSR count). The predicted octanol–water partition coefficient (Wildman–Crippen LogP) is -1.36. The highest BCUT2D eigenvalue weighted by Crippen LogP contribution is 2.24. The van der Waals surface area contributed by atoms with E-state index in [4.69, 9.17) is 30.6 Å². The van der Waals surface area contributed by atoms with Crippen molar-refractivity contribution in [3.63, 3.8) is 0 Å². The van der Waals surface area contributed by atoms with Gasteiger partial charge in [-0.05, 0) is 6.07 Å². The molecule has 1 aromatic rings. The maximum atomic E-state index is 8.93. The van der Waals surface area contributed by atoms with Crippen LogP contribution in [0.1, 0.15) is 35.6 Å². The van der Waals surface area contributed by atoms with Crippen LogP contribution in [0.4, 0.5) is 0 Å². The molecule has 0 fully saturated rings. The number of benzene rings is 1. The second kappa shape index (κ2) is 4.67. The summed E-state index contributed by atoms with van der Waals surface area (Å²) >= 11 is 0. The van der Waals surface area contributed by atoms with Gasteiger partial charge in [-0.3, -0.25) is 0 Å². The first kappa shape index (κ1) is 12.1. The Morgan fingerprint density at radius 1 is 0.667 bits per heavy atom. The predicted molar refractivity (Wildman–Crippen MR) is 48.0 cm³/mol. The van der Waals surface area contributed by atoms with Crippen LogP contribution in [0, 0.1) is 0 Å². The lowest BCUT2D eigenvalue weighted by Gasteiger charge is -2.15. The standard InChI is InChI=1S/C9H12O6/c10-7(11)4-1-2-5(8(12)13)6(3-4)9(14)15/h1-3,7-15H. The quantitative estimate of drug-likeness (QED) is 0.347. The van der Waals surface area contributed by atoms with Gasteiger partial charge in [-0.2, -0.15) is 0 Å². The molecule has 0 bridgehead atoms.